The first-order valence-electron chi connectivity index (χ1n) is 9.05. The van der Waals surface area contributed by atoms with E-state index in [1.807, 2.05) is 11.6 Å². The third kappa shape index (κ3) is 4.37. The lowest BCUT2D eigenvalue weighted by atomic mass is 9.82. The molecular formula is C20H31N3O. The van der Waals surface area contributed by atoms with Gasteiger partial charge < -0.3 is 4.74 Å². The highest BCUT2D eigenvalue weighted by Gasteiger charge is 2.21. The van der Waals surface area contributed by atoms with Gasteiger partial charge in [-0.25, -0.2) is 0 Å². The van der Waals surface area contributed by atoms with E-state index in [0.29, 0.717) is 12.5 Å². The largest absolute Gasteiger partial charge is 0.494 e. The van der Waals surface area contributed by atoms with Crippen LogP contribution in [-0.4, -0.2) is 21.6 Å². The van der Waals surface area contributed by atoms with Crippen molar-refractivity contribution in [2.75, 3.05) is 6.61 Å². The summed E-state index contributed by atoms with van der Waals surface area (Å²) in [7, 11) is 0. The van der Waals surface area contributed by atoms with E-state index in [9.17, 15) is 0 Å². The summed E-state index contributed by atoms with van der Waals surface area (Å²) in [6.45, 7) is 14.6. The van der Waals surface area contributed by atoms with E-state index in [-0.39, 0.29) is 5.41 Å². The minimum atomic E-state index is 0.128. The van der Waals surface area contributed by atoms with Crippen molar-refractivity contribution in [2.45, 2.75) is 72.3 Å². The van der Waals surface area contributed by atoms with Crippen LogP contribution in [0.4, 0.5) is 0 Å². The Kier molecular flexibility index (Phi) is 6.03. The van der Waals surface area contributed by atoms with Crippen LogP contribution in [-0.2, 0) is 18.4 Å². The van der Waals surface area contributed by atoms with E-state index in [4.69, 9.17) is 4.74 Å². The Morgan fingerprint density at radius 2 is 1.92 bits per heavy atom. The number of ether oxygens (including phenoxy) is 1. The molecule has 1 aromatic heterocycles. The Balaban J connectivity index is 2.36. The molecule has 1 unspecified atom stereocenters. The van der Waals surface area contributed by atoms with Gasteiger partial charge in [0.1, 0.15) is 5.75 Å². The standard InChI is InChI=1S/C20H31N3O/c1-7-15(12-17-14-23(8-2)22-21-17)18-13-16(20(4,5)6)10-11-19(18)24-9-3/h10-11,13-15H,7-9,12H2,1-6H3. The molecule has 0 aliphatic rings. The second kappa shape index (κ2) is 7.82. The maximum Gasteiger partial charge on any atom is 0.122 e. The Hall–Kier alpha value is -1.84. The van der Waals surface area contributed by atoms with Gasteiger partial charge in [0.2, 0.25) is 0 Å². The van der Waals surface area contributed by atoms with Crippen molar-refractivity contribution in [1.29, 1.82) is 0 Å². The maximum atomic E-state index is 5.91. The molecule has 0 amide bonds. The van der Waals surface area contributed by atoms with Crippen molar-refractivity contribution in [3.8, 4) is 5.75 Å². The predicted molar refractivity (Wildman–Crippen MR) is 98.7 cm³/mol. The summed E-state index contributed by atoms with van der Waals surface area (Å²) in [5, 5.41) is 8.49. The Bertz CT molecular complexity index is 655. The van der Waals surface area contributed by atoms with Crippen molar-refractivity contribution in [1.82, 2.24) is 15.0 Å². The summed E-state index contributed by atoms with van der Waals surface area (Å²) in [6.07, 6.45) is 3.99. The molecule has 1 atom stereocenters. The molecular weight excluding hydrogens is 298 g/mol. The Morgan fingerprint density at radius 1 is 1.17 bits per heavy atom. The monoisotopic (exact) mass is 329 g/mol. The molecule has 1 aromatic carbocycles. The highest BCUT2D eigenvalue weighted by atomic mass is 16.5. The summed E-state index contributed by atoms with van der Waals surface area (Å²) in [5.41, 5.74) is 3.81. The van der Waals surface area contributed by atoms with Crippen LogP contribution in [0.15, 0.2) is 24.4 Å². The first-order chi connectivity index (χ1) is 11.4. The lowest BCUT2D eigenvalue weighted by molar-refractivity contribution is 0.333. The van der Waals surface area contributed by atoms with E-state index in [1.165, 1.54) is 11.1 Å². The second-order valence-electron chi connectivity index (χ2n) is 7.31. The maximum absolute atomic E-state index is 5.91. The molecule has 0 N–H and O–H groups in total. The summed E-state index contributed by atoms with van der Waals surface area (Å²) in [5.74, 6) is 1.39. The molecule has 0 bridgehead atoms. The molecule has 1 heterocycles. The van der Waals surface area contributed by atoms with E-state index in [2.05, 4.69) is 69.3 Å². The van der Waals surface area contributed by atoms with Crippen LogP contribution < -0.4 is 4.74 Å². The van der Waals surface area contributed by atoms with Crippen molar-refractivity contribution in [3.63, 3.8) is 0 Å². The first kappa shape index (κ1) is 18.5. The summed E-state index contributed by atoms with van der Waals surface area (Å²) >= 11 is 0. The third-order valence-corrected chi connectivity index (χ3v) is 4.47. The molecule has 24 heavy (non-hydrogen) atoms. The third-order valence-electron chi connectivity index (χ3n) is 4.47. The zero-order valence-corrected chi connectivity index (χ0v) is 16.0. The fraction of sp³-hybridized carbons (Fsp3) is 0.600. The molecule has 132 valence electrons. The predicted octanol–water partition coefficient (Wildman–Crippen LogP) is 4.73. The van der Waals surface area contributed by atoms with Gasteiger partial charge in [-0.3, -0.25) is 4.68 Å². The van der Waals surface area contributed by atoms with Crippen molar-refractivity contribution in [2.24, 2.45) is 0 Å². The number of hydrogen-bond donors (Lipinski definition) is 0. The molecule has 0 aliphatic heterocycles. The molecule has 0 saturated carbocycles. The van der Waals surface area contributed by atoms with Crippen molar-refractivity contribution in [3.05, 3.63) is 41.2 Å². The number of aryl methyl sites for hydroxylation is 1. The average Bonchev–Trinajstić information content (AvgIpc) is 3.00. The number of hydrogen-bond acceptors (Lipinski definition) is 3. The molecule has 4 heteroatoms. The minimum Gasteiger partial charge on any atom is -0.494 e. The van der Waals surface area contributed by atoms with Gasteiger partial charge in [-0.1, -0.05) is 45.0 Å². The van der Waals surface area contributed by atoms with E-state index < -0.39 is 0 Å². The molecule has 4 nitrogen and oxygen atoms in total. The summed E-state index contributed by atoms with van der Waals surface area (Å²) in [6, 6.07) is 6.64. The first-order valence-corrected chi connectivity index (χ1v) is 9.05. The van der Waals surface area contributed by atoms with Crippen molar-refractivity contribution >= 4 is 0 Å². The quantitative estimate of drug-likeness (QED) is 0.737. The van der Waals surface area contributed by atoms with E-state index in [0.717, 1.165) is 30.8 Å². The number of nitrogens with zero attached hydrogens (tertiary/aromatic N) is 3. The van der Waals surface area contributed by atoms with Crippen LogP contribution in [0.25, 0.3) is 0 Å². The molecule has 0 radical (unpaired) electrons. The van der Waals surface area contributed by atoms with Crippen LogP contribution in [0.3, 0.4) is 0 Å². The fourth-order valence-electron chi connectivity index (χ4n) is 2.93. The lowest BCUT2D eigenvalue weighted by Gasteiger charge is -2.24. The molecule has 0 saturated heterocycles. The topological polar surface area (TPSA) is 39.9 Å². The molecule has 0 fully saturated rings. The van der Waals surface area contributed by atoms with Gasteiger partial charge in [-0.15, -0.1) is 5.10 Å². The van der Waals surface area contributed by atoms with Crippen LogP contribution >= 0.6 is 0 Å². The zero-order valence-electron chi connectivity index (χ0n) is 16.0. The highest BCUT2D eigenvalue weighted by molar-refractivity contribution is 5.42. The highest BCUT2D eigenvalue weighted by Crippen LogP contribution is 2.35. The van der Waals surface area contributed by atoms with Crippen molar-refractivity contribution < 1.29 is 4.74 Å². The van der Waals surface area contributed by atoms with Gasteiger partial charge in [0.15, 0.2) is 0 Å². The molecule has 2 rings (SSSR count). The minimum absolute atomic E-state index is 0.128. The summed E-state index contributed by atoms with van der Waals surface area (Å²) < 4.78 is 7.80. The second-order valence-corrected chi connectivity index (χ2v) is 7.31. The zero-order chi connectivity index (χ0) is 17.7. The normalized spacial score (nSPS) is 13.1. The summed E-state index contributed by atoms with van der Waals surface area (Å²) in [4.78, 5) is 0. The average molecular weight is 329 g/mol. The molecule has 0 spiro atoms. The van der Waals surface area contributed by atoms with Gasteiger partial charge in [0.25, 0.3) is 0 Å². The van der Waals surface area contributed by atoms with Crippen LogP contribution in [0, 0.1) is 0 Å². The molecule has 2 aromatic rings. The van der Waals surface area contributed by atoms with Gasteiger partial charge >= 0.3 is 0 Å². The van der Waals surface area contributed by atoms with Crippen LogP contribution in [0.2, 0.25) is 0 Å². The van der Waals surface area contributed by atoms with Crippen LogP contribution in [0.1, 0.15) is 70.7 Å². The number of rotatable bonds is 7. The number of aromatic nitrogens is 3. The van der Waals surface area contributed by atoms with Gasteiger partial charge in [0.05, 0.1) is 12.3 Å². The van der Waals surface area contributed by atoms with Gasteiger partial charge in [0, 0.05) is 19.2 Å². The fourth-order valence-corrected chi connectivity index (χ4v) is 2.93. The smallest absolute Gasteiger partial charge is 0.122 e. The van der Waals surface area contributed by atoms with Crippen LogP contribution in [0.5, 0.6) is 5.75 Å². The SMILES string of the molecule is CCOc1ccc(C(C)(C)C)cc1C(CC)Cc1cn(CC)nn1. The lowest BCUT2D eigenvalue weighted by Crippen LogP contribution is -2.13. The van der Waals surface area contributed by atoms with Gasteiger partial charge in [-0.2, -0.15) is 0 Å². The Labute approximate surface area is 146 Å². The van der Waals surface area contributed by atoms with E-state index >= 15 is 0 Å². The van der Waals surface area contributed by atoms with E-state index in [1.54, 1.807) is 0 Å². The molecule has 0 aliphatic carbocycles. The number of benzene rings is 1. The van der Waals surface area contributed by atoms with Gasteiger partial charge in [-0.05, 0) is 48.8 Å². The Morgan fingerprint density at radius 3 is 2.46 bits per heavy atom.